The zero-order valence-electron chi connectivity index (χ0n) is 6.16. The molecule has 0 heterocycles. The average molecular weight is 136 g/mol. The van der Waals surface area contributed by atoms with Gasteiger partial charge in [0.2, 0.25) is 0 Å². The van der Waals surface area contributed by atoms with Crippen LogP contribution < -0.4 is 4.84 Å². The highest BCUT2D eigenvalue weighted by atomic mass is 16.7. The monoisotopic (exact) mass is 136 g/mol. The van der Waals surface area contributed by atoms with Gasteiger partial charge in [0.05, 0.1) is 0 Å². The lowest BCUT2D eigenvalue weighted by Crippen LogP contribution is -2.15. The van der Waals surface area contributed by atoms with Crippen LogP contribution in [-0.4, -0.2) is 19.2 Å². The van der Waals surface area contributed by atoms with Crippen LogP contribution in [0.4, 0.5) is 0 Å². The van der Waals surface area contributed by atoms with E-state index in [9.17, 15) is 0 Å². The van der Waals surface area contributed by atoms with Crippen molar-refractivity contribution in [2.24, 2.45) is 0 Å². The summed E-state index contributed by atoms with van der Waals surface area (Å²) in [5.41, 5.74) is 0. The Balaban J connectivity index is 2.59. The first-order valence-electron chi connectivity index (χ1n) is 3.10. The second kappa shape index (κ2) is 3.22. The molecule has 53 valence electrons. The Kier molecular flexibility index (Phi) is 2.29. The summed E-state index contributed by atoms with van der Waals surface area (Å²) in [7, 11) is 3.69. The summed E-state index contributed by atoms with van der Waals surface area (Å²) in [4.78, 5) is 5.23. The summed E-state index contributed by atoms with van der Waals surface area (Å²) in [5, 5.41) is 1.65. The lowest BCUT2D eigenvalue weighted by Gasteiger charge is -2.10. The molecule has 0 fully saturated rings. The van der Waals surface area contributed by atoms with Gasteiger partial charge in [-0.2, -0.15) is 5.06 Å². The van der Waals surface area contributed by atoms with Crippen molar-refractivity contribution in [3.05, 3.63) is 30.3 Å². The highest BCUT2D eigenvalue weighted by Gasteiger charge is 1.90. The fourth-order valence-electron chi connectivity index (χ4n) is 0.643. The first kappa shape index (κ1) is 7.09. The van der Waals surface area contributed by atoms with E-state index >= 15 is 0 Å². The van der Waals surface area contributed by atoms with Gasteiger partial charge in [0.1, 0.15) is 5.75 Å². The maximum atomic E-state index is 5.23. The number of benzene rings is 1. The Bertz CT molecular complexity index is 184. The van der Waals surface area contributed by atoms with E-state index in [2.05, 4.69) is 6.07 Å². The van der Waals surface area contributed by atoms with Crippen molar-refractivity contribution >= 4 is 0 Å². The first-order valence-corrected chi connectivity index (χ1v) is 3.10. The fourth-order valence-corrected chi connectivity index (χ4v) is 0.643. The normalized spacial score (nSPS) is 9.90. The van der Waals surface area contributed by atoms with Crippen LogP contribution in [0.5, 0.6) is 5.75 Å². The molecule has 0 unspecified atom stereocenters. The molecule has 0 amide bonds. The third-order valence-corrected chi connectivity index (χ3v) is 0.976. The van der Waals surface area contributed by atoms with Gasteiger partial charge in [0.15, 0.2) is 0 Å². The molecule has 1 aromatic carbocycles. The quantitative estimate of drug-likeness (QED) is 0.569. The van der Waals surface area contributed by atoms with E-state index < -0.39 is 0 Å². The molecule has 0 saturated heterocycles. The summed E-state index contributed by atoms with van der Waals surface area (Å²) in [6.07, 6.45) is 0. The third kappa shape index (κ3) is 2.07. The number of hydrogen-bond donors (Lipinski definition) is 0. The Morgan fingerprint density at radius 1 is 1.30 bits per heavy atom. The summed E-state index contributed by atoms with van der Waals surface area (Å²) >= 11 is 0. The summed E-state index contributed by atoms with van der Waals surface area (Å²) in [6.45, 7) is 0. The molecular weight excluding hydrogens is 126 g/mol. The summed E-state index contributed by atoms with van der Waals surface area (Å²) in [6, 6.07) is 10.3. The number of hydrogen-bond acceptors (Lipinski definition) is 2. The van der Waals surface area contributed by atoms with Gasteiger partial charge in [-0.25, -0.2) is 0 Å². The standard InChI is InChI=1S/C8H10NO/c1-9(2)10-8-6-4-3-5-7-8/h4-7H,1-2H3. The van der Waals surface area contributed by atoms with Crippen LogP contribution in [-0.2, 0) is 0 Å². The second-order valence-corrected chi connectivity index (χ2v) is 2.14. The molecule has 0 aliphatic carbocycles. The number of nitrogens with zero attached hydrogens (tertiary/aromatic N) is 1. The van der Waals surface area contributed by atoms with Gasteiger partial charge >= 0.3 is 0 Å². The zero-order chi connectivity index (χ0) is 7.40. The van der Waals surface area contributed by atoms with Crippen LogP contribution in [0.2, 0.25) is 0 Å². The summed E-state index contributed by atoms with van der Waals surface area (Å²) < 4.78 is 0. The van der Waals surface area contributed by atoms with Gasteiger partial charge in [0, 0.05) is 14.1 Å². The minimum absolute atomic E-state index is 0.837. The van der Waals surface area contributed by atoms with E-state index in [1.54, 1.807) is 5.06 Å². The van der Waals surface area contributed by atoms with Gasteiger partial charge in [-0.05, 0) is 18.2 Å². The Morgan fingerprint density at radius 3 is 2.40 bits per heavy atom. The predicted octanol–water partition coefficient (Wildman–Crippen LogP) is 1.34. The molecule has 0 aliphatic rings. The van der Waals surface area contributed by atoms with Crippen LogP contribution >= 0.6 is 0 Å². The Labute approximate surface area is 61.0 Å². The minimum Gasteiger partial charge on any atom is -0.407 e. The lowest BCUT2D eigenvalue weighted by molar-refractivity contribution is -0.00325. The Hall–Kier alpha value is -1.02. The van der Waals surface area contributed by atoms with Crippen LogP contribution in [0, 0.1) is 6.07 Å². The number of rotatable bonds is 2. The SMILES string of the molecule is CN(C)Oc1cc[c]cc1. The van der Waals surface area contributed by atoms with Crippen LogP contribution in [0.1, 0.15) is 0 Å². The molecule has 1 radical (unpaired) electrons. The van der Waals surface area contributed by atoms with Crippen LogP contribution in [0.15, 0.2) is 24.3 Å². The van der Waals surface area contributed by atoms with Gasteiger partial charge in [-0.3, -0.25) is 0 Å². The molecule has 0 N–H and O–H groups in total. The topological polar surface area (TPSA) is 12.5 Å². The Morgan fingerprint density at radius 2 is 1.90 bits per heavy atom. The zero-order valence-corrected chi connectivity index (χ0v) is 6.16. The van der Waals surface area contributed by atoms with Gasteiger partial charge in [0.25, 0.3) is 0 Å². The maximum Gasteiger partial charge on any atom is 0.147 e. The second-order valence-electron chi connectivity index (χ2n) is 2.14. The van der Waals surface area contributed by atoms with Crippen LogP contribution in [0.25, 0.3) is 0 Å². The molecular formula is C8H10NO. The van der Waals surface area contributed by atoms with Gasteiger partial charge in [-0.1, -0.05) is 12.1 Å². The van der Waals surface area contributed by atoms with E-state index in [0.29, 0.717) is 0 Å². The van der Waals surface area contributed by atoms with E-state index in [0.717, 1.165) is 5.75 Å². The maximum absolute atomic E-state index is 5.23. The molecule has 2 heteroatoms. The first-order chi connectivity index (χ1) is 4.79. The molecule has 10 heavy (non-hydrogen) atoms. The van der Waals surface area contributed by atoms with Crippen molar-refractivity contribution in [3.63, 3.8) is 0 Å². The summed E-state index contributed by atoms with van der Waals surface area (Å²) in [5.74, 6) is 0.837. The molecule has 2 nitrogen and oxygen atoms in total. The van der Waals surface area contributed by atoms with Crippen molar-refractivity contribution in [1.29, 1.82) is 0 Å². The van der Waals surface area contributed by atoms with Crippen molar-refractivity contribution < 1.29 is 4.84 Å². The molecule has 0 aliphatic heterocycles. The van der Waals surface area contributed by atoms with Crippen molar-refractivity contribution in [2.45, 2.75) is 0 Å². The molecule has 0 spiro atoms. The van der Waals surface area contributed by atoms with Crippen LogP contribution in [0.3, 0.4) is 0 Å². The van der Waals surface area contributed by atoms with Crippen molar-refractivity contribution in [2.75, 3.05) is 14.1 Å². The highest BCUT2D eigenvalue weighted by Crippen LogP contribution is 2.07. The van der Waals surface area contributed by atoms with E-state index in [4.69, 9.17) is 4.84 Å². The fraction of sp³-hybridized carbons (Fsp3) is 0.250. The third-order valence-electron chi connectivity index (χ3n) is 0.976. The highest BCUT2D eigenvalue weighted by molar-refractivity contribution is 5.19. The molecule has 1 aromatic rings. The lowest BCUT2D eigenvalue weighted by atomic mass is 10.3. The molecule has 0 aromatic heterocycles. The number of hydroxylamine groups is 2. The molecule has 0 saturated carbocycles. The van der Waals surface area contributed by atoms with Crippen molar-refractivity contribution in [3.8, 4) is 5.75 Å². The molecule has 0 atom stereocenters. The average Bonchev–Trinajstić information content (AvgIpc) is 1.88. The van der Waals surface area contributed by atoms with Gasteiger partial charge in [-0.15, -0.1) is 0 Å². The largest absolute Gasteiger partial charge is 0.407 e. The molecule has 0 bridgehead atoms. The minimum atomic E-state index is 0.837. The van der Waals surface area contributed by atoms with E-state index in [-0.39, 0.29) is 0 Å². The molecule has 1 rings (SSSR count). The smallest absolute Gasteiger partial charge is 0.147 e. The predicted molar refractivity (Wildman–Crippen MR) is 39.6 cm³/mol. The van der Waals surface area contributed by atoms with E-state index in [1.165, 1.54) is 0 Å². The van der Waals surface area contributed by atoms with Crippen molar-refractivity contribution in [1.82, 2.24) is 5.06 Å². The van der Waals surface area contributed by atoms with E-state index in [1.807, 2.05) is 38.4 Å². The van der Waals surface area contributed by atoms with Gasteiger partial charge < -0.3 is 4.84 Å².